The van der Waals surface area contributed by atoms with Gasteiger partial charge in [-0.15, -0.1) is 11.3 Å². The summed E-state index contributed by atoms with van der Waals surface area (Å²) in [6.45, 7) is 5.71. The zero-order valence-electron chi connectivity index (χ0n) is 15.6. The summed E-state index contributed by atoms with van der Waals surface area (Å²) < 4.78 is 20.5. The Bertz CT molecular complexity index is 971. The summed E-state index contributed by atoms with van der Waals surface area (Å²) in [6.07, 6.45) is 3.47. The molecule has 1 aliphatic rings. The van der Waals surface area contributed by atoms with Crippen molar-refractivity contribution in [3.63, 3.8) is 0 Å². The van der Waals surface area contributed by atoms with E-state index in [1.807, 2.05) is 6.07 Å². The number of anilines is 1. The fraction of sp³-hybridized carbons (Fsp3) is 0.350. The lowest BCUT2D eigenvalue weighted by atomic mass is 10.1. The number of halogens is 1. The van der Waals surface area contributed by atoms with E-state index in [0.717, 1.165) is 42.4 Å². The Morgan fingerprint density at radius 2 is 1.93 bits per heavy atom. The van der Waals surface area contributed by atoms with Gasteiger partial charge in [-0.1, -0.05) is 6.07 Å². The van der Waals surface area contributed by atoms with Crippen LogP contribution in [-0.4, -0.2) is 53.6 Å². The number of thiophene rings is 1. The van der Waals surface area contributed by atoms with E-state index in [4.69, 9.17) is 4.74 Å². The molecule has 2 aromatic heterocycles. The van der Waals surface area contributed by atoms with Gasteiger partial charge in [-0.05, 0) is 25.1 Å². The molecule has 0 unspecified atom stereocenters. The van der Waals surface area contributed by atoms with Crippen LogP contribution in [0.5, 0.6) is 0 Å². The van der Waals surface area contributed by atoms with Crippen LogP contribution >= 0.6 is 11.3 Å². The molecule has 146 valence electrons. The summed E-state index contributed by atoms with van der Waals surface area (Å²) in [4.78, 5) is 25.9. The number of hydrogen-bond acceptors (Lipinski definition) is 7. The van der Waals surface area contributed by atoms with Gasteiger partial charge in [-0.25, -0.2) is 19.2 Å². The Hall–Kier alpha value is -2.58. The monoisotopic (exact) mass is 400 g/mol. The number of esters is 1. The number of benzene rings is 1. The molecule has 1 aliphatic heterocycles. The highest BCUT2D eigenvalue weighted by atomic mass is 32.1. The van der Waals surface area contributed by atoms with Gasteiger partial charge in [0.2, 0.25) is 5.95 Å². The summed E-state index contributed by atoms with van der Waals surface area (Å²) in [6, 6.07) is 6.76. The van der Waals surface area contributed by atoms with E-state index in [-0.39, 0.29) is 11.8 Å². The predicted molar refractivity (Wildman–Crippen MR) is 107 cm³/mol. The van der Waals surface area contributed by atoms with Gasteiger partial charge in [0.1, 0.15) is 10.7 Å². The predicted octanol–water partition coefficient (Wildman–Crippen LogP) is 3.33. The Balaban J connectivity index is 1.56. The van der Waals surface area contributed by atoms with E-state index < -0.39 is 0 Å². The number of aromatic nitrogens is 2. The second-order valence-corrected chi connectivity index (χ2v) is 7.61. The summed E-state index contributed by atoms with van der Waals surface area (Å²) >= 11 is 1.30. The maximum atomic E-state index is 14.6. The Labute approximate surface area is 166 Å². The van der Waals surface area contributed by atoms with Crippen molar-refractivity contribution in [3.8, 4) is 0 Å². The normalized spacial score (nSPS) is 15.1. The van der Waals surface area contributed by atoms with Crippen LogP contribution in [0.2, 0.25) is 0 Å². The average molecular weight is 400 g/mol. The van der Waals surface area contributed by atoms with Gasteiger partial charge in [0, 0.05) is 60.8 Å². The SMILES string of the molecule is CCOC(=O)c1sc2cccc(F)c2c1CN1CCN(c2ncccn2)CC1. The van der Waals surface area contributed by atoms with Gasteiger partial charge in [0.25, 0.3) is 0 Å². The lowest BCUT2D eigenvalue weighted by molar-refractivity contribution is 0.0530. The van der Waals surface area contributed by atoms with Crippen molar-refractivity contribution in [2.75, 3.05) is 37.7 Å². The van der Waals surface area contributed by atoms with Gasteiger partial charge in [-0.3, -0.25) is 4.90 Å². The molecule has 4 rings (SSSR count). The number of nitrogens with zero attached hydrogens (tertiary/aromatic N) is 4. The molecule has 3 aromatic rings. The maximum absolute atomic E-state index is 14.6. The van der Waals surface area contributed by atoms with Gasteiger partial charge in [0.05, 0.1) is 6.61 Å². The smallest absolute Gasteiger partial charge is 0.348 e. The van der Waals surface area contributed by atoms with Gasteiger partial charge < -0.3 is 9.64 Å². The number of carbonyl (C=O) groups excluding carboxylic acids is 1. The highest BCUT2D eigenvalue weighted by Gasteiger charge is 2.25. The molecule has 1 saturated heterocycles. The first-order valence-corrected chi connectivity index (χ1v) is 10.1. The summed E-state index contributed by atoms with van der Waals surface area (Å²) in [5, 5.41) is 0.532. The molecule has 1 fully saturated rings. The van der Waals surface area contributed by atoms with Crippen molar-refractivity contribution >= 4 is 33.3 Å². The largest absolute Gasteiger partial charge is 0.462 e. The molecular formula is C20H21FN4O2S. The first-order chi connectivity index (χ1) is 13.7. The molecule has 0 radical (unpaired) electrons. The summed E-state index contributed by atoms with van der Waals surface area (Å²) in [5.74, 6) is 0.0476. The average Bonchev–Trinajstić information content (AvgIpc) is 3.09. The molecule has 3 heterocycles. The number of rotatable bonds is 5. The Morgan fingerprint density at radius 3 is 2.64 bits per heavy atom. The molecule has 28 heavy (non-hydrogen) atoms. The minimum atomic E-state index is -0.380. The van der Waals surface area contributed by atoms with E-state index in [0.29, 0.717) is 23.4 Å². The third-order valence-corrected chi connectivity index (χ3v) is 5.99. The second kappa shape index (κ2) is 8.20. The van der Waals surface area contributed by atoms with Crippen LogP contribution in [0.3, 0.4) is 0 Å². The fourth-order valence-electron chi connectivity index (χ4n) is 3.46. The molecule has 0 saturated carbocycles. The first kappa shape index (κ1) is 18.8. The van der Waals surface area contributed by atoms with Crippen molar-refractivity contribution in [2.45, 2.75) is 13.5 Å². The molecule has 0 amide bonds. The zero-order valence-corrected chi connectivity index (χ0v) is 16.4. The maximum Gasteiger partial charge on any atom is 0.348 e. The standard InChI is InChI=1S/C20H21FN4O2S/c1-2-27-19(26)18-14(17-15(21)5-3-6-16(17)28-18)13-24-9-11-25(12-10-24)20-22-7-4-8-23-20/h3-8H,2,9-13H2,1H3. The van der Waals surface area contributed by atoms with Gasteiger partial charge >= 0.3 is 5.97 Å². The van der Waals surface area contributed by atoms with Crippen LogP contribution in [0, 0.1) is 5.82 Å². The van der Waals surface area contributed by atoms with Crippen molar-refractivity contribution in [2.24, 2.45) is 0 Å². The minimum absolute atomic E-state index is 0.296. The molecule has 0 spiro atoms. The van der Waals surface area contributed by atoms with Crippen LogP contribution in [-0.2, 0) is 11.3 Å². The summed E-state index contributed by atoms with van der Waals surface area (Å²) in [5.41, 5.74) is 0.723. The van der Waals surface area contributed by atoms with E-state index in [1.165, 1.54) is 17.4 Å². The van der Waals surface area contributed by atoms with Crippen molar-refractivity contribution < 1.29 is 13.9 Å². The third kappa shape index (κ3) is 3.70. The zero-order chi connectivity index (χ0) is 19.5. The quantitative estimate of drug-likeness (QED) is 0.613. The molecule has 0 aliphatic carbocycles. The van der Waals surface area contributed by atoms with Crippen molar-refractivity contribution in [1.82, 2.24) is 14.9 Å². The van der Waals surface area contributed by atoms with E-state index in [1.54, 1.807) is 31.5 Å². The van der Waals surface area contributed by atoms with Crippen LogP contribution in [0.25, 0.3) is 10.1 Å². The number of ether oxygens (including phenoxy) is 1. The molecule has 0 atom stereocenters. The first-order valence-electron chi connectivity index (χ1n) is 9.28. The topological polar surface area (TPSA) is 58.6 Å². The number of carbonyl (C=O) groups is 1. The fourth-order valence-corrected chi connectivity index (χ4v) is 4.59. The van der Waals surface area contributed by atoms with Crippen LogP contribution in [0.15, 0.2) is 36.7 Å². The summed E-state index contributed by atoms with van der Waals surface area (Å²) in [7, 11) is 0. The van der Waals surface area contributed by atoms with E-state index >= 15 is 0 Å². The molecule has 1 aromatic carbocycles. The molecular weight excluding hydrogens is 379 g/mol. The van der Waals surface area contributed by atoms with Crippen LogP contribution in [0.1, 0.15) is 22.2 Å². The van der Waals surface area contributed by atoms with Crippen molar-refractivity contribution in [3.05, 3.63) is 52.9 Å². The highest BCUT2D eigenvalue weighted by molar-refractivity contribution is 7.21. The lowest BCUT2D eigenvalue weighted by Crippen LogP contribution is -2.46. The molecule has 6 nitrogen and oxygen atoms in total. The number of piperazine rings is 1. The lowest BCUT2D eigenvalue weighted by Gasteiger charge is -2.34. The second-order valence-electron chi connectivity index (χ2n) is 6.56. The molecule has 0 N–H and O–H groups in total. The Kier molecular flexibility index (Phi) is 5.50. The van der Waals surface area contributed by atoms with E-state index in [9.17, 15) is 9.18 Å². The molecule has 8 heteroatoms. The Morgan fingerprint density at radius 1 is 1.18 bits per heavy atom. The van der Waals surface area contributed by atoms with Gasteiger partial charge in [-0.2, -0.15) is 0 Å². The number of hydrogen-bond donors (Lipinski definition) is 0. The molecule has 0 bridgehead atoms. The highest BCUT2D eigenvalue weighted by Crippen LogP contribution is 2.35. The van der Waals surface area contributed by atoms with Crippen molar-refractivity contribution in [1.29, 1.82) is 0 Å². The van der Waals surface area contributed by atoms with Crippen LogP contribution in [0.4, 0.5) is 10.3 Å². The number of fused-ring (bicyclic) bond motifs is 1. The van der Waals surface area contributed by atoms with Crippen LogP contribution < -0.4 is 4.90 Å². The minimum Gasteiger partial charge on any atom is -0.462 e. The van der Waals surface area contributed by atoms with E-state index in [2.05, 4.69) is 19.8 Å². The third-order valence-electron chi connectivity index (χ3n) is 4.81. The van der Waals surface area contributed by atoms with Gasteiger partial charge in [0.15, 0.2) is 0 Å².